The molecular weight excluding hydrogens is 292 g/mol. The van der Waals surface area contributed by atoms with Gasteiger partial charge in [0.25, 0.3) is 5.91 Å². The van der Waals surface area contributed by atoms with Gasteiger partial charge in [-0.15, -0.1) is 0 Å². The van der Waals surface area contributed by atoms with Gasteiger partial charge in [0.2, 0.25) is 5.88 Å². The van der Waals surface area contributed by atoms with Gasteiger partial charge >= 0.3 is 0 Å². The van der Waals surface area contributed by atoms with Crippen LogP contribution < -0.4 is 15.8 Å². The number of amides is 1. The lowest BCUT2D eigenvalue weighted by Gasteiger charge is -2.16. The first-order valence-corrected chi connectivity index (χ1v) is 7.77. The van der Waals surface area contributed by atoms with E-state index in [1.165, 1.54) is 6.20 Å². The predicted molar refractivity (Wildman–Crippen MR) is 88.4 cm³/mol. The second kappa shape index (κ2) is 8.85. The molecule has 0 radical (unpaired) electrons. The van der Waals surface area contributed by atoms with E-state index in [9.17, 15) is 4.79 Å². The molecular formula is C17H22N4O2. The van der Waals surface area contributed by atoms with Crippen LogP contribution in [0.15, 0.2) is 42.9 Å². The predicted octanol–water partition coefficient (Wildman–Crippen LogP) is 2.52. The number of aromatic nitrogens is 2. The molecule has 23 heavy (non-hydrogen) atoms. The van der Waals surface area contributed by atoms with Crippen molar-refractivity contribution < 1.29 is 9.53 Å². The summed E-state index contributed by atoms with van der Waals surface area (Å²) in [5.41, 5.74) is 6.25. The zero-order valence-corrected chi connectivity index (χ0v) is 13.2. The third-order valence-corrected chi connectivity index (χ3v) is 3.38. The fourth-order valence-corrected chi connectivity index (χ4v) is 2.13. The summed E-state index contributed by atoms with van der Waals surface area (Å²) in [6.07, 6.45) is 7.63. The molecule has 1 aromatic heterocycles. The number of hydrogen-bond acceptors (Lipinski definition) is 5. The third-order valence-electron chi connectivity index (χ3n) is 3.38. The number of carbonyl (C=O) groups excluding carboxylic acids is 1. The summed E-state index contributed by atoms with van der Waals surface area (Å²) in [5, 5.41) is 2.96. The summed E-state index contributed by atoms with van der Waals surface area (Å²) in [6.45, 7) is 2.55. The summed E-state index contributed by atoms with van der Waals surface area (Å²) in [5.74, 6) is 0.769. The van der Waals surface area contributed by atoms with Crippen molar-refractivity contribution in [2.75, 3.05) is 6.54 Å². The molecule has 0 aliphatic rings. The summed E-state index contributed by atoms with van der Waals surface area (Å²) in [4.78, 5) is 20.3. The van der Waals surface area contributed by atoms with Gasteiger partial charge in [0, 0.05) is 30.5 Å². The van der Waals surface area contributed by atoms with Crippen LogP contribution >= 0.6 is 0 Å². The minimum Gasteiger partial charge on any atom is -0.437 e. The van der Waals surface area contributed by atoms with Crippen molar-refractivity contribution in [3.8, 4) is 11.6 Å². The van der Waals surface area contributed by atoms with Gasteiger partial charge in [-0.2, -0.15) is 0 Å². The Morgan fingerprint density at radius 3 is 2.96 bits per heavy atom. The van der Waals surface area contributed by atoms with E-state index in [1.54, 1.807) is 36.7 Å². The van der Waals surface area contributed by atoms with Crippen LogP contribution in [-0.4, -0.2) is 28.5 Å². The van der Waals surface area contributed by atoms with Crippen LogP contribution in [0.25, 0.3) is 0 Å². The zero-order valence-electron chi connectivity index (χ0n) is 13.2. The lowest BCUT2D eigenvalue weighted by atomic mass is 10.1. The number of benzene rings is 1. The molecule has 0 saturated heterocycles. The molecule has 0 bridgehead atoms. The average molecular weight is 314 g/mol. The Balaban J connectivity index is 2.02. The van der Waals surface area contributed by atoms with Crippen molar-refractivity contribution in [3.63, 3.8) is 0 Å². The van der Waals surface area contributed by atoms with Crippen LogP contribution in [0.2, 0.25) is 0 Å². The first-order valence-electron chi connectivity index (χ1n) is 7.77. The van der Waals surface area contributed by atoms with Crippen LogP contribution in [0.5, 0.6) is 11.6 Å². The fourth-order valence-electron chi connectivity index (χ4n) is 2.13. The van der Waals surface area contributed by atoms with Crippen LogP contribution in [0.1, 0.15) is 36.5 Å². The highest BCUT2D eigenvalue weighted by Crippen LogP contribution is 2.19. The van der Waals surface area contributed by atoms with Crippen molar-refractivity contribution in [2.24, 2.45) is 5.73 Å². The van der Waals surface area contributed by atoms with Crippen molar-refractivity contribution in [1.82, 2.24) is 15.3 Å². The van der Waals surface area contributed by atoms with Gasteiger partial charge in [-0.05, 0) is 24.6 Å². The summed E-state index contributed by atoms with van der Waals surface area (Å²) in [7, 11) is 0. The van der Waals surface area contributed by atoms with E-state index < -0.39 is 0 Å². The van der Waals surface area contributed by atoms with E-state index in [2.05, 4.69) is 22.2 Å². The van der Waals surface area contributed by atoms with Gasteiger partial charge in [-0.25, -0.2) is 4.98 Å². The highest BCUT2D eigenvalue weighted by Gasteiger charge is 2.13. The van der Waals surface area contributed by atoms with Crippen LogP contribution in [0.4, 0.5) is 0 Å². The Labute approximate surface area is 136 Å². The zero-order chi connectivity index (χ0) is 16.5. The van der Waals surface area contributed by atoms with E-state index in [1.807, 2.05) is 0 Å². The Kier molecular flexibility index (Phi) is 6.50. The molecule has 0 aliphatic carbocycles. The highest BCUT2D eigenvalue weighted by molar-refractivity contribution is 5.94. The topological polar surface area (TPSA) is 90.1 Å². The third kappa shape index (κ3) is 5.34. The van der Waals surface area contributed by atoms with Crippen LogP contribution in [-0.2, 0) is 0 Å². The Hall–Kier alpha value is -2.47. The number of rotatable bonds is 8. The fraction of sp³-hybridized carbons (Fsp3) is 0.353. The number of ether oxygens (including phenoxy) is 1. The first-order chi connectivity index (χ1) is 11.2. The van der Waals surface area contributed by atoms with Crippen molar-refractivity contribution in [1.29, 1.82) is 0 Å². The molecule has 6 nitrogen and oxygen atoms in total. The largest absolute Gasteiger partial charge is 0.437 e. The summed E-state index contributed by atoms with van der Waals surface area (Å²) >= 11 is 0. The Bertz CT molecular complexity index is 619. The van der Waals surface area contributed by atoms with Crippen LogP contribution in [0.3, 0.4) is 0 Å². The molecule has 2 aromatic rings. The maximum absolute atomic E-state index is 12.3. The maximum atomic E-state index is 12.3. The smallest absolute Gasteiger partial charge is 0.251 e. The molecule has 0 saturated carbocycles. The molecule has 1 unspecified atom stereocenters. The lowest BCUT2D eigenvalue weighted by Crippen LogP contribution is -2.40. The number of hydrogen-bond donors (Lipinski definition) is 2. The number of nitrogens with one attached hydrogen (secondary N) is 1. The van der Waals surface area contributed by atoms with E-state index in [4.69, 9.17) is 10.5 Å². The molecule has 0 fully saturated rings. The van der Waals surface area contributed by atoms with Crippen molar-refractivity contribution >= 4 is 5.91 Å². The van der Waals surface area contributed by atoms with E-state index >= 15 is 0 Å². The Morgan fingerprint density at radius 1 is 1.39 bits per heavy atom. The molecule has 0 spiro atoms. The van der Waals surface area contributed by atoms with Crippen molar-refractivity contribution in [2.45, 2.75) is 32.2 Å². The van der Waals surface area contributed by atoms with Gasteiger partial charge < -0.3 is 15.8 Å². The SMILES string of the molecule is CCCCC(CN)NC(=O)c1cccc(Oc2cnccn2)c1. The normalized spacial score (nSPS) is 11.7. The standard InChI is InChI=1S/C17H22N4O2/c1-2-3-6-14(11-18)21-17(22)13-5-4-7-15(10-13)23-16-12-19-8-9-20-16/h4-5,7-10,12,14H,2-3,6,11,18H2,1H3,(H,21,22). The number of unbranched alkanes of at least 4 members (excludes halogenated alkanes) is 1. The minimum absolute atomic E-state index is 0.00739. The molecule has 1 amide bonds. The second-order valence-electron chi connectivity index (χ2n) is 5.22. The highest BCUT2D eigenvalue weighted by atomic mass is 16.5. The lowest BCUT2D eigenvalue weighted by molar-refractivity contribution is 0.0935. The average Bonchev–Trinajstić information content (AvgIpc) is 2.59. The van der Waals surface area contributed by atoms with Crippen molar-refractivity contribution in [3.05, 3.63) is 48.4 Å². The molecule has 2 rings (SSSR count). The molecule has 122 valence electrons. The van der Waals surface area contributed by atoms with E-state index in [-0.39, 0.29) is 11.9 Å². The summed E-state index contributed by atoms with van der Waals surface area (Å²) < 4.78 is 5.59. The van der Waals surface area contributed by atoms with Gasteiger partial charge in [0.1, 0.15) is 5.75 Å². The van der Waals surface area contributed by atoms with E-state index in [0.29, 0.717) is 23.7 Å². The second-order valence-corrected chi connectivity index (χ2v) is 5.22. The molecule has 6 heteroatoms. The molecule has 1 heterocycles. The summed E-state index contributed by atoms with van der Waals surface area (Å²) in [6, 6.07) is 6.95. The monoisotopic (exact) mass is 314 g/mol. The van der Waals surface area contributed by atoms with Gasteiger partial charge in [0.15, 0.2) is 0 Å². The Morgan fingerprint density at radius 2 is 2.26 bits per heavy atom. The number of carbonyl (C=O) groups is 1. The maximum Gasteiger partial charge on any atom is 0.251 e. The molecule has 1 aromatic carbocycles. The van der Waals surface area contributed by atoms with Crippen LogP contribution in [0, 0.1) is 0 Å². The van der Waals surface area contributed by atoms with Gasteiger partial charge in [-0.3, -0.25) is 9.78 Å². The minimum atomic E-state index is -0.152. The van der Waals surface area contributed by atoms with Gasteiger partial charge in [-0.1, -0.05) is 25.8 Å². The molecule has 1 atom stereocenters. The quantitative estimate of drug-likeness (QED) is 0.781. The first kappa shape index (κ1) is 16.9. The number of nitrogens with two attached hydrogens (primary N) is 1. The molecule has 3 N–H and O–H groups in total. The molecule has 0 aliphatic heterocycles. The number of nitrogens with zero attached hydrogens (tertiary/aromatic N) is 2. The van der Waals surface area contributed by atoms with Gasteiger partial charge in [0.05, 0.1) is 6.20 Å². The van der Waals surface area contributed by atoms with E-state index in [0.717, 1.165) is 19.3 Å².